The van der Waals surface area contributed by atoms with Crippen LogP contribution in [-0.4, -0.2) is 17.9 Å². The average Bonchev–Trinajstić information content (AvgIpc) is 2.30. The molecule has 80 valence electrons. The van der Waals surface area contributed by atoms with E-state index in [0.29, 0.717) is 6.04 Å². The molecule has 1 unspecified atom stereocenters. The van der Waals surface area contributed by atoms with Gasteiger partial charge in [-0.25, -0.2) is 0 Å². The fraction of sp³-hybridized carbons (Fsp3) is 0.462. The fourth-order valence-corrected chi connectivity index (χ4v) is 2.39. The van der Waals surface area contributed by atoms with E-state index in [1.807, 2.05) is 4.90 Å². The number of rotatable bonds is 3. The number of benzene rings is 1. The molecule has 0 bridgehead atoms. The molecule has 0 saturated heterocycles. The molecule has 1 heterocycles. The topological polar surface area (TPSA) is 20.3 Å². The van der Waals surface area contributed by atoms with Crippen LogP contribution in [0.1, 0.15) is 36.9 Å². The van der Waals surface area contributed by atoms with Crippen molar-refractivity contribution in [3.8, 4) is 0 Å². The Kier molecular flexibility index (Phi) is 3.05. The number of nitrogens with zero attached hydrogens (tertiary/aromatic N) is 1. The summed E-state index contributed by atoms with van der Waals surface area (Å²) >= 11 is 0. The van der Waals surface area contributed by atoms with Crippen LogP contribution in [-0.2, 0) is 11.2 Å². The number of carbonyl (C=O) groups is 1. The van der Waals surface area contributed by atoms with Crippen molar-refractivity contribution >= 4 is 6.41 Å². The lowest BCUT2D eigenvalue weighted by atomic mass is 9.90. The summed E-state index contributed by atoms with van der Waals surface area (Å²) in [6.45, 7) is 3.03. The summed E-state index contributed by atoms with van der Waals surface area (Å²) < 4.78 is 0. The molecule has 1 aliphatic rings. The first-order valence-corrected chi connectivity index (χ1v) is 5.65. The van der Waals surface area contributed by atoms with Crippen molar-refractivity contribution in [3.63, 3.8) is 0 Å². The molecule has 1 atom stereocenters. The van der Waals surface area contributed by atoms with Crippen molar-refractivity contribution in [2.24, 2.45) is 0 Å². The predicted octanol–water partition coefficient (Wildman–Crippen LogP) is 2.54. The maximum Gasteiger partial charge on any atom is 0.210 e. The Labute approximate surface area is 90.9 Å². The van der Waals surface area contributed by atoms with Crippen LogP contribution in [0.25, 0.3) is 0 Å². The largest absolute Gasteiger partial charge is 0.338 e. The summed E-state index contributed by atoms with van der Waals surface area (Å²) in [7, 11) is 0. The Bertz CT molecular complexity index is 348. The molecule has 2 heteroatoms. The van der Waals surface area contributed by atoms with Crippen molar-refractivity contribution in [2.45, 2.75) is 32.2 Å². The molecule has 1 aliphatic heterocycles. The van der Waals surface area contributed by atoms with Gasteiger partial charge in [0.15, 0.2) is 0 Å². The molecule has 2 nitrogen and oxygen atoms in total. The number of carbonyl (C=O) groups excluding carboxylic acids is 1. The monoisotopic (exact) mass is 203 g/mol. The van der Waals surface area contributed by atoms with Gasteiger partial charge in [0, 0.05) is 6.54 Å². The van der Waals surface area contributed by atoms with Crippen LogP contribution in [0.2, 0.25) is 0 Å². The maximum atomic E-state index is 11.0. The van der Waals surface area contributed by atoms with Gasteiger partial charge in [0.05, 0.1) is 6.04 Å². The van der Waals surface area contributed by atoms with Gasteiger partial charge in [0.25, 0.3) is 0 Å². The SMILES string of the molecule is CCCC1c2ccccc2CCN1C=O. The van der Waals surface area contributed by atoms with E-state index in [0.717, 1.165) is 32.2 Å². The Balaban J connectivity index is 2.33. The lowest BCUT2D eigenvalue weighted by Gasteiger charge is -2.34. The van der Waals surface area contributed by atoms with Gasteiger partial charge < -0.3 is 4.90 Å². The molecule has 1 aromatic carbocycles. The number of hydrogen-bond donors (Lipinski definition) is 0. The zero-order valence-electron chi connectivity index (χ0n) is 9.15. The van der Waals surface area contributed by atoms with Gasteiger partial charge >= 0.3 is 0 Å². The summed E-state index contributed by atoms with van der Waals surface area (Å²) in [5.41, 5.74) is 2.76. The summed E-state index contributed by atoms with van der Waals surface area (Å²) in [6.07, 6.45) is 4.17. The third-order valence-corrected chi connectivity index (χ3v) is 3.15. The highest BCUT2D eigenvalue weighted by atomic mass is 16.1. The molecule has 0 N–H and O–H groups in total. The van der Waals surface area contributed by atoms with Crippen LogP contribution in [0.4, 0.5) is 0 Å². The third kappa shape index (κ3) is 1.89. The molecule has 0 fully saturated rings. The zero-order valence-corrected chi connectivity index (χ0v) is 9.15. The van der Waals surface area contributed by atoms with Gasteiger partial charge in [-0.1, -0.05) is 37.6 Å². The Morgan fingerprint density at radius 2 is 2.27 bits per heavy atom. The summed E-state index contributed by atoms with van der Waals surface area (Å²) in [4.78, 5) is 12.9. The molecule has 1 amide bonds. The van der Waals surface area contributed by atoms with Crippen molar-refractivity contribution in [3.05, 3.63) is 35.4 Å². The normalized spacial score (nSPS) is 19.8. The average molecular weight is 203 g/mol. The Morgan fingerprint density at radius 1 is 1.47 bits per heavy atom. The van der Waals surface area contributed by atoms with Gasteiger partial charge in [-0.2, -0.15) is 0 Å². The van der Waals surface area contributed by atoms with Gasteiger partial charge in [0.1, 0.15) is 0 Å². The van der Waals surface area contributed by atoms with Gasteiger partial charge in [-0.05, 0) is 24.0 Å². The van der Waals surface area contributed by atoms with Crippen molar-refractivity contribution in [1.29, 1.82) is 0 Å². The molecule has 0 spiro atoms. The second-order valence-corrected chi connectivity index (χ2v) is 4.10. The van der Waals surface area contributed by atoms with E-state index in [1.54, 1.807) is 0 Å². The van der Waals surface area contributed by atoms with Crippen LogP contribution >= 0.6 is 0 Å². The number of hydrogen-bond acceptors (Lipinski definition) is 1. The molecule has 2 rings (SSSR count). The highest BCUT2D eigenvalue weighted by Gasteiger charge is 2.24. The van der Waals surface area contributed by atoms with Crippen molar-refractivity contribution in [1.82, 2.24) is 4.90 Å². The Hall–Kier alpha value is -1.31. The predicted molar refractivity (Wildman–Crippen MR) is 60.6 cm³/mol. The summed E-state index contributed by atoms with van der Waals surface area (Å²) in [6, 6.07) is 8.79. The Morgan fingerprint density at radius 3 is 3.00 bits per heavy atom. The van der Waals surface area contributed by atoms with Crippen LogP contribution in [0.5, 0.6) is 0 Å². The highest BCUT2D eigenvalue weighted by molar-refractivity contribution is 5.51. The van der Waals surface area contributed by atoms with E-state index in [-0.39, 0.29) is 0 Å². The quantitative estimate of drug-likeness (QED) is 0.691. The van der Waals surface area contributed by atoms with E-state index in [1.165, 1.54) is 11.1 Å². The van der Waals surface area contributed by atoms with Gasteiger partial charge in [-0.15, -0.1) is 0 Å². The van der Waals surface area contributed by atoms with E-state index >= 15 is 0 Å². The first-order valence-electron chi connectivity index (χ1n) is 5.65. The summed E-state index contributed by atoms with van der Waals surface area (Å²) in [5, 5.41) is 0. The maximum absolute atomic E-state index is 11.0. The lowest BCUT2D eigenvalue weighted by Crippen LogP contribution is -2.34. The minimum Gasteiger partial charge on any atom is -0.338 e. The third-order valence-electron chi connectivity index (χ3n) is 3.15. The summed E-state index contributed by atoms with van der Waals surface area (Å²) in [5.74, 6) is 0. The molecular formula is C13H17NO. The minimum atomic E-state index is 0.303. The molecule has 0 radical (unpaired) electrons. The number of amides is 1. The van der Waals surface area contributed by atoms with Gasteiger partial charge in [0.2, 0.25) is 6.41 Å². The lowest BCUT2D eigenvalue weighted by molar-refractivity contribution is -0.120. The van der Waals surface area contributed by atoms with E-state index in [2.05, 4.69) is 31.2 Å². The van der Waals surface area contributed by atoms with Crippen molar-refractivity contribution < 1.29 is 4.79 Å². The first-order chi connectivity index (χ1) is 7.36. The minimum absolute atomic E-state index is 0.303. The second-order valence-electron chi connectivity index (χ2n) is 4.10. The van der Waals surface area contributed by atoms with E-state index in [4.69, 9.17) is 0 Å². The van der Waals surface area contributed by atoms with E-state index in [9.17, 15) is 4.79 Å². The van der Waals surface area contributed by atoms with Crippen LogP contribution < -0.4 is 0 Å². The van der Waals surface area contributed by atoms with Crippen LogP contribution in [0, 0.1) is 0 Å². The van der Waals surface area contributed by atoms with Crippen molar-refractivity contribution in [2.75, 3.05) is 6.54 Å². The smallest absolute Gasteiger partial charge is 0.210 e. The second kappa shape index (κ2) is 4.47. The van der Waals surface area contributed by atoms with Crippen LogP contribution in [0.15, 0.2) is 24.3 Å². The number of fused-ring (bicyclic) bond motifs is 1. The zero-order chi connectivity index (χ0) is 10.7. The highest BCUT2D eigenvalue weighted by Crippen LogP contribution is 2.31. The standard InChI is InChI=1S/C13H17NO/c1-2-5-13-12-7-4-3-6-11(12)8-9-14(13)10-15/h3-4,6-7,10,13H,2,5,8-9H2,1H3. The molecule has 0 saturated carbocycles. The molecule has 1 aromatic rings. The van der Waals surface area contributed by atoms with E-state index < -0.39 is 0 Å². The van der Waals surface area contributed by atoms with Crippen LogP contribution in [0.3, 0.4) is 0 Å². The fourth-order valence-electron chi connectivity index (χ4n) is 2.39. The van der Waals surface area contributed by atoms with Gasteiger partial charge in [-0.3, -0.25) is 4.79 Å². The molecule has 0 aliphatic carbocycles. The first kappa shape index (κ1) is 10.2. The molecule has 0 aromatic heterocycles. The molecule has 15 heavy (non-hydrogen) atoms. The molecular weight excluding hydrogens is 186 g/mol.